The Morgan fingerprint density at radius 2 is 2.22 bits per heavy atom. The Balaban J connectivity index is 2.04. The highest BCUT2D eigenvalue weighted by Crippen LogP contribution is 2.24. The van der Waals surface area contributed by atoms with Gasteiger partial charge in [-0.3, -0.25) is 0 Å². The highest BCUT2D eigenvalue weighted by molar-refractivity contribution is 5.37. The first-order valence-corrected chi connectivity index (χ1v) is 6.69. The smallest absolute Gasteiger partial charge is 0.124 e. The minimum Gasteiger partial charge on any atom is -0.496 e. The number of rotatable bonds is 5. The fourth-order valence-corrected chi connectivity index (χ4v) is 2.62. The highest BCUT2D eigenvalue weighted by Gasteiger charge is 2.14. The third-order valence-electron chi connectivity index (χ3n) is 3.57. The quantitative estimate of drug-likeness (QED) is 0.869. The Hall–Kier alpha value is -1.06. The Bertz CT molecular complexity index is 373. The summed E-state index contributed by atoms with van der Waals surface area (Å²) in [5.41, 5.74) is 2.48. The average molecular weight is 249 g/mol. The molecule has 1 heterocycles. The SMILES string of the molecule is COCc1ccc(CC2CCCNC2)cc1OC. The van der Waals surface area contributed by atoms with Crippen molar-refractivity contribution in [3.8, 4) is 5.75 Å². The third kappa shape index (κ3) is 3.47. The van der Waals surface area contributed by atoms with E-state index in [1.165, 1.54) is 24.9 Å². The van der Waals surface area contributed by atoms with E-state index < -0.39 is 0 Å². The zero-order valence-corrected chi connectivity index (χ0v) is 11.4. The number of hydrogen-bond acceptors (Lipinski definition) is 3. The lowest BCUT2D eigenvalue weighted by atomic mass is 9.92. The maximum Gasteiger partial charge on any atom is 0.124 e. The van der Waals surface area contributed by atoms with Gasteiger partial charge in [0.15, 0.2) is 0 Å². The molecule has 1 N–H and O–H groups in total. The van der Waals surface area contributed by atoms with Gasteiger partial charge in [0.25, 0.3) is 0 Å². The van der Waals surface area contributed by atoms with Gasteiger partial charge in [0.1, 0.15) is 5.75 Å². The van der Waals surface area contributed by atoms with E-state index in [0.717, 1.165) is 30.2 Å². The Labute approximate surface area is 109 Å². The topological polar surface area (TPSA) is 30.5 Å². The van der Waals surface area contributed by atoms with E-state index in [1.807, 2.05) is 0 Å². The summed E-state index contributed by atoms with van der Waals surface area (Å²) < 4.78 is 10.6. The molecule has 0 amide bonds. The van der Waals surface area contributed by atoms with Gasteiger partial charge in [-0.15, -0.1) is 0 Å². The first-order valence-electron chi connectivity index (χ1n) is 6.69. The van der Waals surface area contributed by atoms with Crippen LogP contribution in [-0.4, -0.2) is 27.3 Å². The number of hydrogen-bond donors (Lipinski definition) is 1. The van der Waals surface area contributed by atoms with Crippen LogP contribution in [0.2, 0.25) is 0 Å². The summed E-state index contributed by atoms with van der Waals surface area (Å²) in [6.45, 7) is 2.92. The van der Waals surface area contributed by atoms with Crippen LogP contribution < -0.4 is 10.1 Å². The van der Waals surface area contributed by atoms with E-state index in [-0.39, 0.29) is 0 Å². The van der Waals surface area contributed by atoms with Crippen LogP contribution in [0.25, 0.3) is 0 Å². The molecule has 0 aliphatic carbocycles. The summed E-state index contributed by atoms with van der Waals surface area (Å²) >= 11 is 0. The molecule has 1 aromatic carbocycles. The van der Waals surface area contributed by atoms with Gasteiger partial charge in [-0.2, -0.15) is 0 Å². The van der Waals surface area contributed by atoms with E-state index in [0.29, 0.717) is 6.61 Å². The van der Waals surface area contributed by atoms with Gasteiger partial charge in [-0.1, -0.05) is 12.1 Å². The summed E-state index contributed by atoms with van der Waals surface area (Å²) in [5, 5.41) is 3.46. The number of benzene rings is 1. The van der Waals surface area contributed by atoms with Crippen molar-refractivity contribution in [1.29, 1.82) is 0 Å². The van der Waals surface area contributed by atoms with E-state index in [4.69, 9.17) is 9.47 Å². The molecule has 0 bridgehead atoms. The molecule has 3 heteroatoms. The maximum absolute atomic E-state index is 5.43. The molecule has 0 saturated carbocycles. The number of methoxy groups -OCH3 is 2. The van der Waals surface area contributed by atoms with Gasteiger partial charge in [0.2, 0.25) is 0 Å². The molecule has 0 aromatic heterocycles. The molecule has 3 nitrogen and oxygen atoms in total. The lowest BCUT2D eigenvalue weighted by molar-refractivity contribution is 0.181. The largest absolute Gasteiger partial charge is 0.496 e. The van der Waals surface area contributed by atoms with Gasteiger partial charge in [-0.05, 0) is 49.9 Å². The molecular formula is C15H23NO2. The standard InChI is InChI=1S/C15H23NO2/c1-17-11-14-6-5-12(9-15(14)18-2)8-13-4-3-7-16-10-13/h5-6,9,13,16H,3-4,7-8,10-11H2,1-2H3. The van der Waals surface area contributed by atoms with Gasteiger partial charge >= 0.3 is 0 Å². The fourth-order valence-electron chi connectivity index (χ4n) is 2.62. The van der Waals surface area contributed by atoms with Crippen LogP contribution in [0.15, 0.2) is 18.2 Å². The molecule has 1 aliphatic rings. The molecule has 0 radical (unpaired) electrons. The summed E-state index contributed by atoms with van der Waals surface area (Å²) in [6, 6.07) is 6.47. The molecule has 1 aromatic rings. The highest BCUT2D eigenvalue weighted by atomic mass is 16.5. The van der Waals surface area contributed by atoms with Crippen LogP contribution >= 0.6 is 0 Å². The Kier molecular flexibility index (Phi) is 5.02. The second-order valence-corrected chi connectivity index (χ2v) is 5.00. The van der Waals surface area contributed by atoms with Crippen LogP contribution in [0.5, 0.6) is 5.75 Å². The van der Waals surface area contributed by atoms with Crippen molar-refractivity contribution in [2.24, 2.45) is 5.92 Å². The first kappa shape index (κ1) is 13.4. The minimum absolute atomic E-state index is 0.606. The number of piperidine rings is 1. The molecule has 1 fully saturated rings. The van der Waals surface area contributed by atoms with Crippen molar-refractivity contribution in [2.45, 2.75) is 25.9 Å². The third-order valence-corrected chi connectivity index (χ3v) is 3.57. The van der Waals surface area contributed by atoms with Crippen LogP contribution in [-0.2, 0) is 17.8 Å². The van der Waals surface area contributed by atoms with Crippen LogP contribution in [0.1, 0.15) is 24.0 Å². The summed E-state index contributed by atoms with van der Waals surface area (Å²) in [6.07, 6.45) is 3.76. The predicted molar refractivity (Wildman–Crippen MR) is 73.0 cm³/mol. The molecule has 2 rings (SSSR count). The molecule has 1 unspecified atom stereocenters. The van der Waals surface area contributed by atoms with Crippen LogP contribution in [0.4, 0.5) is 0 Å². The van der Waals surface area contributed by atoms with Gasteiger partial charge in [0.05, 0.1) is 13.7 Å². The second-order valence-electron chi connectivity index (χ2n) is 5.00. The average Bonchev–Trinajstić information content (AvgIpc) is 2.42. The zero-order chi connectivity index (χ0) is 12.8. The molecule has 18 heavy (non-hydrogen) atoms. The molecular weight excluding hydrogens is 226 g/mol. The minimum atomic E-state index is 0.606. The first-order chi connectivity index (χ1) is 8.83. The second kappa shape index (κ2) is 6.76. The summed E-state index contributed by atoms with van der Waals surface area (Å²) in [5.74, 6) is 1.70. The lowest BCUT2D eigenvalue weighted by Gasteiger charge is -2.23. The van der Waals surface area contributed by atoms with Gasteiger partial charge < -0.3 is 14.8 Å². The van der Waals surface area contributed by atoms with Gasteiger partial charge in [0, 0.05) is 12.7 Å². The molecule has 1 atom stereocenters. The predicted octanol–water partition coefficient (Wildman–Crippen LogP) is 2.38. The van der Waals surface area contributed by atoms with Crippen LogP contribution in [0.3, 0.4) is 0 Å². The van der Waals surface area contributed by atoms with Crippen LogP contribution in [0, 0.1) is 5.92 Å². The zero-order valence-electron chi connectivity index (χ0n) is 11.4. The number of ether oxygens (including phenoxy) is 2. The van der Waals surface area contributed by atoms with Crippen molar-refractivity contribution in [1.82, 2.24) is 5.32 Å². The van der Waals surface area contributed by atoms with Gasteiger partial charge in [-0.25, -0.2) is 0 Å². The van der Waals surface area contributed by atoms with E-state index in [2.05, 4.69) is 23.5 Å². The van der Waals surface area contributed by atoms with E-state index in [9.17, 15) is 0 Å². The fraction of sp³-hybridized carbons (Fsp3) is 0.600. The molecule has 0 spiro atoms. The normalized spacial score (nSPS) is 19.8. The monoisotopic (exact) mass is 249 g/mol. The lowest BCUT2D eigenvalue weighted by Crippen LogP contribution is -2.30. The van der Waals surface area contributed by atoms with Crippen molar-refractivity contribution in [3.05, 3.63) is 29.3 Å². The van der Waals surface area contributed by atoms with Crippen molar-refractivity contribution >= 4 is 0 Å². The summed E-state index contributed by atoms with van der Waals surface area (Å²) in [4.78, 5) is 0. The summed E-state index contributed by atoms with van der Waals surface area (Å²) in [7, 11) is 3.43. The Morgan fingerprint density at radius 3 is 2.89 bits per heavy atom. The maximum atomic E-state index is 5.43. The van der Waals surface area contributed by atoms with E-state index in [1.54, 1.807) is 14.2 Å². The molecule has 100 valence electrons. The van der Waals surface area contributed by atoms with Crippen molar-refractivity contribution in [2.75, 3.05) is 27.3 Å². The molecule has 1 aliphatic heterocycles. The number of nitrogens with one attached hydrogen (secondary N) is 1. The Morgan fingerprint density at radius 1 is 1.33 bits per heavy atom. The van der Waals surface area contributed by atoms with Crippen molar-refractivity contribution in [3.63, 3.8) is 0 Å². The van der Waals surface area contributed by atoms with E-state index >= 15 is 0 Å². The molecule has 1 saturated heterocycles. The van der Waals surface area contributed by atoms with Crippen molar-refractivity contribution < 1.29 is 9.47 Å².